The summed E-state index contributed by atoms with van der Waals surface area (Å²) in [7, 11) is 1.92. The summed E-state index contributed by atoms with van der Waals surface area (Å²) in [5, 5.41) is 3.29. The van der Waals surface area contributed by atoms with E-state index in [4.69, 9.17) is 4.74 Å². The molecule has 1 amide bonds. The fourth-order valence-corrected chi connectivity index (χ4v) is 2.62. The van der Waals surface area contributed by atoms with E-state index in [0.29, 0.717) is 19.1 Å². The molecular weight excluding hydrogens is 264 g/mol. The van der Waals surface area contributed by atoms with E-state index in [0.717, 1.165) is 38.1 Å². The molecule has 4 heteroatoms. The zero-order valence-electron chi connectivity index (χ0n) is 13.1. The minimum Gasteiger partial charge on any atom is -0.494 e. The van der Waals surface area contributed by atoms with Gasteiger partial charge >= 0.3 is 0 Å². The first-order valence-electron chi connectivity index (χ1n) is 7.82. The van der Waals surface area contributed by atoms with Crippen molar-refractivity contribution in [2.24, 2.45) is 0 Å². The van der Waals surface area contributed by atoms with Crippen LogP contribution in [0.3, 0.4) is 0 Å². The van der Waals surface area contributed by atoms with Gasteiger partial charge in [-0.3, -0.25) is 4.79 Å². The third kappa shape index (κ3) is 5.05. The molecule has 1 saturated heterocycles. The number of nitrogens with one attached hydrogen (secondary N) is 1. The zero-order chi connectivity index (χ0) is 15.1. The average Bonchev–Trinajstić information content (AvgIpc) is 3.00. The van der Waals surface area contributed by atoms with Crippen molar-refractivity contribution in [2.75, 3.05) is 26.7 Å². The number of benzene rings is 1. The van der Waals surface area contributed by atoms with Crippen LogP contribution in [0, 0.1) is 6.92 Å². The molecule has 0 saturated carbocycles. The molecule has 0 aliphatic carbocycles. The Morgan fingerprint density at radius 1 is 1.43 bits per heavy atom. The summed E-state index contributed by atoms with van der Waals surface area (Å²) in [5.41, 5.74) is 1.20. The molecule has 116 valence electrons. The summed E-state index contributed by atoms with van der Waals surface area (Å²) < 4.78 is 5.69. The third-order valence-electron chi connectivity index (χ3n) is 4.02. The van der Waals surface area contributed by atoms with Crippen LogP contribution in [0.5, 0.6) is 5.75 Å². The number of aryl methyl sites for hydroxylation is 1. The Kier molecular flexibility index (Phi) is 6.05. The van der Waals surface area contributed by atoms with Gasteiger partial charge in [0.2, 0.25) is 5.91 Å². The first-order valence-corrected chi connectivity index (χ1v) is 7.82. The minimum atomic E-state index is 0.249. The number of unbranched alkanes of at least 4 members (excludes halogenated alkanes) is 1. The quantitative estimate of drug-likeness (QED) is 0.784. The molecule has 21 heavy (non-hydrogen) atoms. The molecule has 1 N–H and O–H groups in total. The van der Waals surface area contributed by atoms with Gasteiger partial charge in [0.15, 0.2) is 0 Å². The Morgan fingerprint density at radius 3 is 3.00 bits per heavy atom. The number of rotatable bonds is 7. The molecule has 1 aliphatic heterocycles. The molecule has 2 rings (SSSR count). The van der Waals surface area contributed by atoms with E-state index in [2.05, 4.69) is 18.3 Å². The summed E-state index contributed by atoms with van der Waals surface area (Å²) in [6.07, 6.45) is 3.48. The first-order chi connectivity index (χ1) is 10.2. The van der Waals surface area contributed by atoms with Crippen LogP contribution >= 0.6 is 0 Å². The van der Waals surface area contributed by atoms with Crippen LogP contribution in [0.1, 0.15) is 31.2 Å². The highest BCUT2D eigenvalue weighted by atomic mass is 16.5. The standard InChI is InChI=1S/C17H26N2O2/c1-14-6-5-7-16(12-14)21-11-4-3-8-17(20)19(2)15-9-10-18-13-15/h5-7,12,15,18H,3-4,8-11,13H2,1-2H3. The molecule has 1 aromatic rings. The van der Waals surface area contributed by atoms with Crippen molar-refractivity contribution in [1.29, 1.82) is 0 Å². The molecule has 1 aromatic carbocycles. The number of amides is 1. The van der Waals surface area contributed by atoms with Crippen molar-refractivity contribution in [3.05, 3.63) is 29.8 Å². The number of hydrogen-bond acceptors (Lipinski definition) is 3. The van der Waals surface area contributed by atoms with E-state index < -0.39 is 0 Å². The average molecular weight is 290 g/mol. The second kappa shape index (κ2) is 8.03. The van der Waals surface area contributed by atoms with Crippen LogP contribution in [0.15, 0.2) is 24.3 Å². The molecule has 1 fully saturated rings. The number of likely N-dealkylation sites (N-methyl/N-ethyl adjacent to an activating group) is 1. The molecule has 1 aliphatic rings. The smallest absolute Gasteiger partial charge is 0.222 e. The molecule has 0 aromatic heterocycles. The lowest BCUT2D eigenvalue weighted by atomic mass is 10.2. The maximum absolute atomic E-state index is 12.1. The van der Waals surface area contributed by atoms with E-state index in [-0.39, 0.29) is 5.91 Å². The highest BCUT2D eigenvalue weighted by Crippen LogP contribution is 2.13. The van der Waals surface area contributed by atoms with E-state index >= 15 is 0 Å². The summed E-state index contributed by atoms with van der Waals surface area (Å²) in [5.74, 6) is 1.16. The predicted molar refractivity (Wildman–Crippen MR) is 84.6 cm³/mol. The largest absolute Gasteiger partial charge is 0.494 e. The third-order valence-corrected chi connectivity index (χ3v) is 4.02. The van der Waals surface area contributed by atoms with Gasteiger partial charge in [0.05, 0.1) is 6.61 Å². The van der Waals surface area contributed by atoms with E-state index in [9.17, 15) is 4.79 Å². The fraction of sp³-hybridized carbons (Fsp3) is 0.588. The number of carbonyl (C=O) groups is 1. The Balaban J connectivity index is 1.59. The number of ether oxygens (including phenoxy) is 1. The van der Waals surface area contributed by atoms with Crippen molar-refractivity contribution < 1.29 is 9.53 Å². The molecular formula is C17H26N2O2. The van der Waals surface area contributed by atoms with Crippen molar-refractivity contribution in [3.63, 3.8) is 0 Å². The lowest BCUT2D eigenvalue weighted by molar-refractivity contribution is -0.131. The van der Waals surface area contributed by atoms with Crippen LogP contribution in [0.4, 0.5) is 0 Å². The maximum atomic E-state index is 12.1. The van der Waals surface area contributed by atoms with E-state index in [1.165, 1.54) is 5.56 Å². The normalized spacial score (nSPS) is 17.7. The summed E-state index contributed by atoms with van der Waals surface area (Å²) in [4.78, 5) is 14.0. The monoisotopic (exact) mass is 290 g/mol. The topological polar surface area (TPSA) is 41.6 Å². The van der Waals surface area contributed by atoms with Crippen molar-refractivity contribution in [2.45, 2.75) is 38.6 Å². The van der Waals surface area contributed by atoms with Crippen LogP contribution in [0.25, 0.3) is 0 Å². The van der Waals surface area contributed by atoms with Crippen LogP contribution in [-0.2, 0) is 4.79 Å². The van der Waals surface area contributed by atoms with E-state index in [1.54, 1.807) is 0 Å². The maximum Gasteiger partial charge on any atom is 0.222 e. The Bertz CT molecular complexity index is 456. The lowest BCUT2D eigenvalue weighted by Gasteiger charge is -2.23. The van der Waals surface area contributed by atoms with Gasteiger partial charge < -0.3 is 15.0 Å². The highest BCUT2D eigenvalue weighted by molar-refractivity contribution is 5.76. The van der Waals surface area contributed by atoms with Crippen LogP contribution in [0.2, 0.25) is 0 Å². The molecule has 0 spiro atoms. The van der Waals surface area contributed by atoms with Crippen molar-refractivity contribution >= 4 is 5.91 Å². The number of hydrogen-bond donors (Lipinski definition) is 1. The summed E-state index contributed by atoms with van der Waals surface area (Å²) in [6.45, 7) is 4.68. The minimum absolute atomic E-state index is 0.249. The van der Waals surface area contributed by atoms with Gasteiger partial charge in [0.1, 0.15) is 5.75 Å². The second-order valence-corrected chi connectivity index (χ2v) is 5.77. The van der Waals surface area contributed by atoms with E-state index in [1.807, 2.05) is 30.1 Å². The van der Waals surface area contributed by atoms with Gasteiger partial charge in [-0.15, -0.1) is 0 Å². The zero-order valence-corrected chi connectivity index (χ0v) is 13.1. The predicted octanol–water partition coefficient (Wildman–Crippen LogP) is 2.36. The number of carbonyl (C=O) groups excluding carboxylic acids is 1. The summed E-state index contributed by atoms with van der Waals surface area (Å²) in [6, 6.07) is 8.43. The Morgan fingerprint density at radius 2 is 2.29 bits per heavy atom. The van der Waals surface area contributed by atoms with Crippen molar-refractivity contribution in [3.8, 4) is 5.75 Å². The molecule has 0 bridgehead atoms. The lowest BCUT2D eigenvalue weighted by Crippen LogP contribution is -2.38. The summed E-state index contributed by atoms with van der Waals surface area (Å²) >= 11 is 0. The SMILES string of the molecule is Cc1cccc(OCCCCC(=O)N(C)C2CCNC2)c1. The Labute approximate surface area is 127 Å². The van der Waals surface area contributed by atoms with Gasteiger partial charge in [-0.1, -0.05) is 12.1 Å². The molecule has 1 heterocycles. The molecule has 4 nitrogen and oxygen atoms in total. The highest BCUT2D eigenvalue weighted by Gasteiger charge is 2.22. The van der Waals surface area contributed by atoms with Gasteiger partial charge in [-0.25, -0.2) is 0 Å². The molecule has 0 radical (unpaired) electrons. The van der Waals surface area contributed by atoms with Gasteiger partial charge in [-0.2, -0.15) is 0 Å². The van der Waals surface area contributed by atoms with Crippen molar-refractivity contribution in [1.82, 2.24) is 10.2 Å². The second-order valence-electron chi connectivity index (χ2n) is 5.77. The van der Waals surface area contributed by atoms with Gasteiger partial charge in [-0.05, 0) is 50.4 Å². The number of nitrogens with zero attached hydrogens (tertiary/aromatic N) is 1. The van der Waals surface area contributed by atoms with Crippen LogP contribution in [-0.4, -0.2) is 43.6 Å². The van der Waals surface area contributed by atoms with Crippen LogP contribution < -0.4 is 10.1 Å². The van der Waals surface area contributed by atoms with Gasteiger partial charge in [0, 0.05) is 26.1 Å². The molecule has 1 unspecified atom stereocenters. The fourth-order valence-electron chi connectivity index (χ4n) is 2.62. The molecule has 1 atom stereocenters. The first kappa shape index (κ1) is 15.8. The van der Waals surface area contributed by atoms with Gasteiger partial charge in [0.25, 0.3) is 0 Å². The Hall–Kier alpha value is -1.55.